The van der Waals surface area contributed by atoms with Gasteiger partial charge in [-0.3, -0.25) is 10.1 Å². The van der Waals surface area contributed by atoms with E-state index in [9.17, 15) is 18.9 Å². The van der Waals surface area contributed by atoms with Gasteiger partial charge in [-0.25, -0.2) is 8.78 Å². The van der Waals surface area contributed by atoms with Crippen LogP contribution in [0, 0.1) is 33.1 Å². The predicted octanol–water partition coefficient (Wildman–Crippen LogP) is 3.32. The minimum Gasteiger partial charge on any atom is -0.482 e. The number of ether oxygens (including phenoxy) is 1. The molecule has 2 aromatic carbocycles. The largest absolute Gasteiger partial charge is 0.482 e. The van der Waals surface area contributed by atoms with Crippen molar-refractivity contribution in [3.63, 3.8) is 0 Å². The van der Waals surface area contributed by atoms with Crippen LogP contribution in [0.15, 0.2) is 36.4 Å². The van der Waals surface area contributed by atoms with Crippen LogP contribution >= 0.6 is 0 Å². The summed E-state index contributed by atoms with van der Waals surface area (Å²) >= 11 is 0. The molecular weight excluding hydrogens is 282 g/mol. The number of rotatable bonds is 4. The number of halogens is 2. The monoisotopic (exact) mass is 290 g/mol. The van der Waals surface area contributed by atoms with E-state index in [1.807, 2.05) is 0 Å². The lowest BCUT2D eigenvalue weighted by molar-refractivity contribution is -0.386. The first-order chi connectivity index (χ1) is 10.0. The van der Waals surface area contributed by atoms with Gasteiger partial charge in [0.1, 0.15) is 6.61 Å². The third-order valence-electron chi connectivity index (χ3n) is 2.70. The van der Waals surface area contributed by atoms with E-state index in [0.29, 0.717) is 0 Å². The molecule has 21 heavy (non-hydrogen) atoms. The van der Waals surface area contributed by atoms with Crippen LogP contribution in [0.25, 0.3) is 0 Å². The minimum absolute atomic E-state index is 0.0614. The molecular formula is C14H8F2N2O3. The molecule has 0 radical (unpaired) electrons. The second kappa shape index (κ2) is 5.96. The van der Waals surface area contributed by atoms with Crippen LogP contribution in [-0.4, -0.2) is 4.92 Å². The highest BCUT2D eigenvalue weighted by atomic mass is 19.2. The number of nitro groups is 1. The second-order valence-corrected chi connectivity index (χ2v) is 4.05. The Hall–Kier alpha value is -3.01. The summed E-state index contributed by atoms with van der Waals surface area (Å²) in [6.45, 7) is -0.365. The smallest absolute Gasteiger partial charge is 0.312 e. The van der Waals surface area contributed by atoms with E-state index < -0.39 is 22.2 Å². The zero-order valence-corrected chi connectivity index (χ0v) is 10.5. The van der Waals surface area contributed by atoms with Crippen LogP contribution in [0.2, 0.25) is 0 Å². The molecule has 0 saturated heterocycles. The molecule has 0 amide bonds. The van der Waals surface area contributed by atoms with Crippen molar-refractivity contribution in [1.82, 2.24) is 0 Å². The van der Waals surface area contributed by atoms with E-state index >= 15 is 0 Å². The van der Waals surface area contributed by atoms with Crippen molar-refractivity contribution in [2.24, 2.45) is 0 Å². The second-order valence-electron chi connectivity index (χ2n) is 4.05. The van der Waals surface area contributed by atoms with Crippen molar-refractivity contribution >= 4 is 5.69 Å². The minimum atomic E-state index is -1.06. The van der Waals surface area contributed by atoms with Crippen LogP contribution in [0.4, 0.5) is 14.5 Å². The average molecular weight is 290 g/mol. The predicted molar refractivity (Wildman–Crippen MR) is 68.5 cm³/mol. The lowest BCUT2D eigenvalue weighted by atomic mass is 10.2. The van der Waals surface area contributed by atoms with Gasteiger partial charge in [0.05, 0.1) is 16.6 Å². The Morgan fingerprint density at radius 3 is 2.71 bits per heavy atom. The number of nitrogens with zero attached hydrogens (tertiary/aromatic N) is 2. The summed E-state index contributed by atoms with van der Waals surface area (Å²) in [5.74, 6) is -2.21. The molecule has 7 heteroatoms. The number of nitro benzene ring substituents is 1. The van der Waals surface area contributed by atoms with Gasteiger partial charge in [0.25, 0.3) is 0 Å². The van der Waals surface area contributed by atoms with Gasteiger partial charge in [-0.2, -0.15) is 5.26 Å². The van der Waals surface area contributed by atoms with Crippen molar-refractivity contribution in [2.45, 2.75) is 6.61 Å². The molecule has 0 unspecified atom stereocenters. The van der Waals surface area contributed by atoms with E-state index in [2.05, 4.69) is 0 Å². The summed E-state index contributed by atoms with van der Waals surface area (Å²) < 4.78 is 31.6. The van der Waals surface area contributed by atoms with Gasteiger partial charge in [0, 0.05) is 11.6 Å². The van der Waals surface area contributed by atoms with Gasteiger partial charge in [0.15, 0.2) is 17.4 Å². The molecule has 0 aliphatic heterocycles. The third-order valence-corrected chi connectivity index (χ3v) is 2.70. The van der Waals surface area contributed by atoms with Crippen molar-refractivity contribution in [1.29, 1.82) is 5.26 Å². The Morgan fingerprint density at radius 2 is 2.05 bits per heavy atom. The SMILES string of the molecule is N#Cc1ccc(OCc2cccc(F)c2F)c([N+](=O)[O-])c1. The van der Waals surface area contributed by atoms with Crippen molar-refractivity contribution in [2.75, 3.05) is 0 Å². The quantitative estimate of drug-likeness (QED) is 0.639. The Labute approximate surface area is 118 Å². The van der Waals surface area contributed by atoms with Gasteiger partial charge < -0.3 is 4.74 Å². The first kappa shape index (κ1) is 14.4. The van der Waals surface area contributed by atoms with Crippen LogP contribution < -0.4 is 4.74 Å². The Bertz CT molecular complexity index is 741. The summed E-state index contributed by atoms with van der Waals surface area (Å²) in [5, 5.41) is 19.6. The average Bonchev–Trinajstić information content (AvgIpc) is 2.48. The molecule has 0 N–H and O–H groups in total. The molecule has 0 heterocycles. The zero-order chi connectivity index (χ0) is 15.4. The van der Waals surface area contributed by atoms with Crippen LogP contribution in [-0.2, 0) is 6.61 Å². The van der Waals surface area contributed by atoms with Gasteiger partial charge >= 0.3 is 5.69 Å². The van der Waals surface area contributed by atoms with Gasteiger partial charge in [-0.05, 0) is 18.2 Å². The maximum atomic E-state index is 13.5. The fourth-order valence-corrected chi connectivity index (χ4v) is 1.67. The summed E-state index contributed by atoms with van der Waals surface area (Å²) in [4.78, 5) is 10.2. The Balaban J connectivity index is 2.26. The van der Waals surface area contributed by atoms with Crippen LogP contribution in [0.1, 0.15) is 11.1 Å². The van der Waals surface area contributed by atoms with Gasteiger partial charge in [-0.1, -0.05) is 12.1 Å². The normalized spacial score (nSPS) is 9.95. The molecule has 0 aliphatic carbocycles. The van der Waals surface area contributed by atoms with Gasteiger partial charge in [-0.15, -0.1) is 0 Å². The van der Waals surface area contributed by atoms with Crippen molar-refractivity contribution in [3.05, 3.63) is 69.3 Å². The highest BCUT2D eigenvalue weighted by Gasteiger charge is 2.17. The van der Waals surface area contributed by atoms with E-state index in [4.69, 9.17) is 10.00 Å². The highest BCUT2D eigenvalue weighted by molar-refractivity contribution is 5.51. The molecule has 0 saturated carbocycles. The molecule has 2 aromatic rings. The van der Waals surface area contributed by atoms with Crippen molar-refractivity contribution < 1.29 is 18.4 Å². The summed E-state index contributed by atoms with van der Waals surface area (Å²) in [7, 11) is 0. The standard InChI is InChI=1S/C14H8F2N2O3/c15-11-3-1-2-10(14(11)16)8-21-13-5-4-9(7-17)6-12(13)18(19)20/h1-6H,8H2. The van der Waals surface area contributed by atoms with E-state index in [1.165, 1.54) is 24.3 Å². The van der Waals surface area contributed by atoms with E-state index in [0.717, 1.165) is 12.1 Å². The van der Waals surface area contributed by atoms with Crippen LogP contribution in [0.3, 0.4) is 0 Å². The zero-order valence-electron chi connectivity index (χ0n) is 10.5. The lowest BCUT2D eigenvalue weighted by Gasteiger charge is -2.08. The molecule has 0 spiro atoms. The topological polar surface area (TPSA) is 76.2 Å². The van der Waals surface area contributed by atoms with E-state index in [1.54, 1.807) is 6.07 Å². The molecule has 2 rings (SSSR count). The summed E-state index contributed by atoms with van der Waals surface area (Å²) in [5.41, 5.74) is -0.370. The number of hydrogen-bond acceptors (Lipinski definition) is 4. The number of nitriles is 1. The molecule has 5 nitrogen and oxygen atoms in total. The number of hydrogen-bond donors (Lipinski definition) is 0. The molecule has 0 fully saturated rings. The third kappa shape index (κ3) is 3.12. The van der Waals surface area contributed by atoms with E-state index in [-0.39, 0.29) is 23.5 Å². The molecule has 0 bridgehead atoms. The molecule has 0 aliphatic rings. The lowest BCUT2D eigenvalue weighted by Crippen LogP contribution is -2.02. The summed E-state index contributed by atoms with van der Waals surface area (Å²) in [6, 6.07) is 8.99. The molecule has 0 aromatic heterocycles. The number of benzene rings is 2. The maximum absolute atomic E-state index is 13.5. The molecule has 0 atom stereocenters. The van der Waals surface area contributed by atoms with Crippen molar-refractivity contribution in [3.8, 4) is 11.8 Å². The first-order valence-electron chi connectivity index (χ1n) is 5.77. The van der Waals surface area contributed by atoms with Gasteiger partial charge in [0.2, 0.25) is 0 Å². The molecule has 106 valence electrons. The Morgan fingerprint density at radius 1 is 1.29 bits per heavy atom. The van der Waals surface area contributed by atoms with Crippen LogP contribution in [0.5, 0.6) is 5.75 Å². The highest BCUT2D eigenvalue weighted by Crippen LogP contribution is 2.28. The fourth-order valence-electron chi connectivity index (χ4n) is 1.67. The summed E-state index contributed by atoms with van der Waals surface area (Å²) in [6.07, 6.45) is 0. The first-order valence-corrected chi connectivity index (χ1v) is 5.77. The maximum Gasteiger partial charge on any atom is 0.312 e. The Kier molecular flexibility index (Phi) is 4.09. The fraction of sp³-hybridized carbons (Fsp3) is 0.0714.